The molecule has 0 unspecified atom stereocenters. The average Bonchev–Trinajstić information content (AvgIpc) is 3.21. The highest BCUT2D eigenvalue weighted by atomic mass is 35.5. The van der Waals surface area contributed by atoms with Gasteiger partial charge in [0.05, 0.1) is 12.6 Å². The lowest BCUT2D eigenvalue weighted by Gasteiger charge is -2.29. The summed E-state index contributed by atoms with van der Waals surface area (Å²) in [5.41, 5.74) is 1.41. The Balaban J connectivity index is 1.81. The molecule has 132 valence electrons. The van der Waals surface area contributed by atoms with E-state index in [1.54, 1.807) is 0 Å². The van der Waals surface area contributed by atoms with Crippen molar-refractivity contribution in [3.8, 4) is 0 Å². The van der Waals surface area contributed by atoms with E-state index in [1.807, 2.05) is 12.1 Å². The first-order chi connectivity index (χ1) is 11.6. The van der Waals surface area contributed by atoms with Crippen molar-refractivity contribution < 1.29 is 5.11 Å². The van der Waals surface area contributed by atoms with E-state index in [9.17, 15) is 5.11 Å². The van der Waals surface area contributed by atoms with Gasteiger partial charge in [-0.25, -0.2) is 0 Å². The SMILES string of the molecule is CCNC(=NCC1(c2cccc(Cl)c2)CCCC1)N1CC[C@@H](O)C1. The lowest BCUT2D eigenvalue weighted by atomic mass is 9.79. The predicted octanol–water partition coefficient (Wildman–Crippen LogP) is 3.18. The lowest BCUT2D eigenvalue weighted by Crippen LogP contribution is -2.41. The molecule has 1 aliphatic heterocycles. The number of hydrogen-bond donors (Lipinski definition) is 2. The van der Waals surface area contributed by atoms with Crippen molar-refractivity contribution in [3.05, 3.63) is 34.9 Å². The second-order valence-electron chi connectivity index (χ2n) is 7.06. The van der Waals surface area contributed by atoms with Crippen LogP contribution in [0.25, 0.3) is 0 Å². The fraction of sp³-hybridized carbons (Fsp3) is 0.632. The Labute approximate surface area is 149 Å². The number of aliphatic imine (C=N–C) groups is 1. The molecule has 2 aliphatic rings. The number of nitrogens with zero attached hydrogens (tertiary/aromatic N) is 2. The third-order valence-electron chi connectivity index (χ3n) is 5.33. The normalized spacial score (nSPS) is 23.7. The number of rotatable bonds is 4. The third kappa shape index (κ3) is 3.86. The molecule has 0 bridgehead atoms. The second kappa shape index (κ2) is 7.75. The number of likely N-dealkylation sites (tertiary alicyclic amines) is 1. The van der Waals surface area contributed by atoms with Gasteiger partial charge in [-0.2, -0.15) is 0 Å². The molecule has 1 saturated carbocycles. The van der Waals surface area contributed by atoms with Gasteiger partial charge in [-0.05, 0) is 43.9 Å². The van der Waals surface area contributed by atoms with Gasteiger partial charge in [-0.15, -0.1) is 0 Å². The van der Waals surface area contributed by atoms with Gasteiger partial charge in [0.2, 0.25) is 0 Å². The standard InChI is InChI=1S/C19H28ClN3O/c1-2-21-18(23-11-8-17(24)13-23)22-14-19(9-3-4-10-19)15-6-5-7-16(20)12-15/h5-7,12,17,24H,2-4,8-11,13-14H2,1H3,(H,21,22)/t17-/m1/s1. The van der Waals surface area contributed by atoms with Crippen LogP contribution in [0.15, 0.2) is 29.3 Å². The van der Waals surface area contributed by atoms with E-state index in [-0.39, 0.29) is 11.5 Å². The number of aliphatic hydroxyl groups excluding tert-OH is 1. The number of β-amino-alcohol motifs (C(OH)–C–C–N with tert-alkyl or cyclic N) is 1. The fourth-order valence-electron chi connectivity index (χ4n) is 3.99. The third-order valence-corrected chi connectivity index (χ3v) is 5.56. The van der Waals surface area contributed by atoms with Crippen molar-refractivity contribution in [2.75, 3.05) is 26.2 Å². The summed E-state index contributed by atoms with van der Waals surface area (Å²) in [6.07, 6.45) is 5.42. The number of aliphatic hydroxyl groups is 1. The minimum atomic E-state index is -0.234. The number of benzene rings is 1. The molecule has 1 atom stereocenters. The molecule has 5 heteroatoms. The van der Waals surface area contributed by atoms with Gasteiger partial charge >= 0.3 is 0 Å². The van der Waals surface area contributed by atoms with Crippen molar-refractivity contribution >= 4 is 17.6 Å². The largest absolute Gasteiger partial charge is 0.391 e. The molecule has 1 aliphatic carbocycles. The topological polar surface area (TPSA) is 47.9 Å². The maximum Gasteiger partial charge on any atom is 0.194 e. The quantitative estimate of drug-likeness (QED) is 0.648. The molecule has 0 spiro atoms. The van der Waals surface area contributed by atoms with E-state index in [4.69, 9.17) is 16.6 Å². The van der Waals surface area contributed by atoms with Crippen molar-refractivity contribution in [3.63, 3.8) is 0 Å². The smallest absolute Gasteiger partial charge is 0.194 e. The van der Waals surface area contributed by atoms with Crippen LogP contribution in [0.3, 0.4) is 0 Å². The van der Waals surface area contributed by atoms with E-state index >= 15 is 0 Å². The van der Waals surface area contributed by atoms with Crippen LogP contribution in [-0.2, 0) is 5.41 Å². The molecule has 0 aromatic heterocycles. The Kier molecular flexibility index (Phi) is 5.67. The van der Waals surface area contributed by atoms with Crippen LogP contribution in [-0.4, -0.2) is 48.2 Å². The van der Waals surface area contributed by atoms with Crippen LogP contribution in [0.4, 0.5) is 0 Å². The zero-order chi connectivity index (χ0) is 17.0. The fourth-order valence-corrected chi connectivity index (χ4v) is 4.18. The maximum atomic E-state index is 9.82. The second-order valence-corrected chi connectivity index (χ2v) is 7.49. The Hall–Kier alpha value is -1.26. The van der Waals surface area contributed by atoms with Crippen molar-refractivity contribution in [1.82, 2.24) is 10.2 Å². The summed E-state index contributed by atoms with van der Waals surface area (Å²) in [4.78, 5) is 7.14. The number of guanidine groups is 1. The summed E-state index contributed by atoms with van der Waals surface area (Å²) in [5, 5.41) is 14.0. The van der Waals surface area contributed by atoms with E-state index in [0.717, 1.165) is 37.0 Å². The molecule has 1 saturated heterocycles. The van der Waals surface area contributed by atoms with Crippen LogP contribution in [0, 0.1) is 0 Å². The minimum absolute atomic E-state index is 0.101. The minimum Gasteiger partial charge on any atom is -0.391 e. The summed E-state index contributed by atoms with van der Waals surface area (Å²) in [6.45, 7) is 5.26. The van der Waals surface area contributed by atoms with Gasteiger partial charge in [-0.3, -0.25) is 4.99 Å². The van der Waals surface area contributed by atoms with E-state index in [2.05, 4.69) is 29.3 Å². The van der Waals surface area contributed by atoms with E-state index in [1.165, 1.54) is 31.2 Å². The highest BCUT2D eigenvalue weighted by Crippen LogP contribution is 2.42. The van der Waals surface area contributed by atoms with Crippen LogP contribution in [0.5, 0.6) is 0 Å². The van der Waals surface area contributed by atoms with Gasteiger partial charge in [0.1, 0.15) is 0 Å². The summed E-state index contributed by atoms with van der Waals surface area (Å²) in [5.74, 6) is 0.933. The molecular formula is C19H28ClN3O. The highest BCUT2D eigenvalue weighted by Gasteiger charge is 2.36. The molecule has 0 amide bonds. The molecule has 24 heavy (non-hydrogen) atoms. The maximum absolute atomic E-state index is 9.82. The monoisotopic (exact) mass is 349 g/mol. The summed E-state index contributed by atoms with van der Waals surface area (Å²) < 4.78 is 0. The first-order valence-electron chi connectivity index (χ1n) is 9.10. The Morgan fingerprint density at radius 3 is 2.83 bits per heavy atom. The van der Waals surface area contributed by atoms with Crippen LogP contribution < -0.4 is 5.32 Å². The number of halogens is 1. The Bertz CT molecular complexity index is 584. The first kappa shape index (κ1) is 17.6. The van der Waals surface area contributed by atoms with Crippen molar-refractivity contribution in [2.45, 2.75) is 50.5 Å². The van der Waals surface area contributed by atoms with Gasteiger partial charge in [-0.1, -0.05) is 36.6 Å². The lowest BCUT2D eigenvalue weighted by molar-refractivity contribution is 0.187. The summed E-state index contributed by atoms with van der Waals surface area (Å²) >= 11 is 6.23. The van der Waals surface area contributed by atoms with Crippen LogP contribution in [0.2, 0.25) is 5.02 Å². The van der Waals surface area contributed by atoms with Gasteiger partial charge < -0.3 is 15.3 Å². The highest BCUT2D eigenvalue weighted by molar-refractivity contribution is 6.30. The molecule has 2 N–H and O–H groups in total. The van der Waals surface area contributed by atoms with Gasteiger partial charge in [0.25, 0.3) is 0 Å². The Morgan fingerprint density at radius 2 is 2.21 bits per heavy atom. The molecule has 4 nitrogen and oxygen atoms in total. The van der Waals surface area contributed by atoms with E-state index in [0.29, 0.717) is 6.54 Å². The number of hydrogen-bond acceptors (Lipinski definition) is 2. The van der Waals surface area contributed by atoms with Crippen LogP contribution in [0.1, 0.15) is 44.6 Å². The Morgan fingerprint density at radius 1 is 1.42 bits per heavy atom. The predicted molar refractivity (Wildman–Crippen MR) is 99.8 cm³/mol. The molecular weight excluding hydrogens is 322 g/mol. The van der Waals surface area contributed by atoms with Crippen molar-refractivity contribution in [1.29, 1.82) is 0 Å². The van der Waals surface area contributed by atoms with Crippen LogP contribution >= 0.6 is 11.6 Å². The molecule has 2 fully saturated rings. The summed E-state index contributed by atoms with van der Waals surface area (Å²) in [7, 11) is 0. The van der Waals surface area contributed by atoms with Gasteiger partial charge in [0.15, 0.2) is 5.96 Å². The zero-order valence-corrected chi connectivity index (χ0v) is 15.2. The van der Waals surface area contributed by atoms with Crippen molar-refractivity contribution in [2.24, 2.45) is 4.99 Å². The molecule has 3 rings (SSSR count). The zero-order valence-electron chi connectivity index (χ0n) is 14.5. The molecule has 1 aromatic rings. The molecule has 0 radical (unpaired) electrons. The number of nitrogens with one attached hydrogen (secondary N) is 1. The van der Waals surface area contributed by atoms with Gasteiger partial charge in [0, 0.05) is 30.1 Å². The first-order valence-corrected chi connectivity index (χ1v) is 9.48. The molecule has 1 aromatic carbocycles. The molecule has 1 heterocycles. The summed E-state index contributed by atoms with van der Waals surface area (Å²) in [6, 6.07) is 8.28. The van der Waals surface area contributed by atoms with E-state index < -0.39 is 0 Å². The average molecular weight is 350 g/mol.